The summed E-state index contributed by atoms with van der Waals surface area (Å²) >= 11 is 0. The van der Waals surface area contributed by atoms with E-state index >= 15 is 0 Å². The van der Waals surface area contributed by atoms with E-state index in [1.54, 1.807) is 55.5 Å². The van der Waals surface area contributed by atoms with E-state index in [4.69, 9.17) is 4.74 Å². The Kier molecular flexibility index (Phi) is 6.06. The van der Waals surface area contributed by atoms with Crippen molar-refractivity contribution in [2.75, 3.05) is 5.32 Å². The summed E-state index contributed by atoms with van der Waals surface area (Å²) < 4.78 is 5.60. The molecule has 0 aliphatic heterocycles. The van der Waals surface area contributed by atoms with E-state index in [1.165, 1.54) is 6.92 Å². The molecule has 0 saturated heterocycles. The monoisotopic (exact) mass is 339 g/mol. The number of anilines is 1. The maximum absolute atomic E-state index is 12.2. The van der Waals surface area contributed by atoms with Crippen molar-refractivity contribution in [3.05, 3.63) is 59.7 Å². The lowest BCUT2D eigenvalue weighted by molar-refractivity contribution is -0.122. The summed E-state index contributed by atoms with van der Waals surface area (Å²) in [6, 6.07) is 13.4. The molecule has 25 heavy (non-hydrogen) atoms. The van der Waals surface area contributed by atoms with Crippen molar-refractivity contribution in [3.63, 3.8) is 0 Å². The number of hydrogen-bond donors (Lipinski definition) is 1. The molecule has 0 fully saturated rings. The molecule has 0 spiro atoms. The highest BCUT2D eigenvalue weighted by Gasteiger charge is 2.15. The fraction of sp³-hybridized carbons (Fsp3) is 0.250. The van der Waals surface area contributed by atoms with Crippen LogP contribution in [0.2, 0.25) is 0 Å². The standard InChI is InChI=1S/C20H21NO4/c1-4-19(23)16-7-11-18(12-8-16)25-14(3)20(24)21-17-9-5-15(6-10-17)13(2)22/h5-12,14H,4H2,1-3H3,(H,21,24). The average molecular weight is 339 g/mol. The number of amides is 1. The lowest BCUT2D eigenvalue weighted by Gasteiger charge is -2.15. The molecule has 0 radical (unpaired) electrons. The number of hydrogen-bond acceptors (Lipinski definition) is 4. The van der Waals surface area contributed by atoms with Crippen LogP contribution in [0.15, 0.2) is 48.5 Å². The minimum Gasteiger partial charge on any atom is -0.481 e. The third-order valence-corrected chi connectivity index (χ3v) is 3.74. The first-order valence-electron chi connectivity index (χ1n) is 8.12. The van der Waals surface area contributed by atoms with Gasteiger partial charge in [-0.05, 0) is 62.4 Å². The molecule has 0 aliphatic rings. The molecule has 2 rings (SSSR count). The van der Waals surface area contributed by atoms with Crippen LogP contribution in [0.3, 0.4) is 0 Å². The molecule has 0 saturated carbocycles. The Labute approximate surface area is 147 Å². The van der Waals surface area contributed by atoms with Gasteiger partial charge >= 0.3 is 0 Å². The molecule has 1 N–H and O–H groups in total. The summed E-state index contributed by atoms with van der Waals surface area (Å²) in [7, 11) is 0. The second kappa shape index (κ2) is 8.24. The number of ether oxygens (including phenoxy) is 1. The van der Waals surface area contributed by atoms with Crippen LogP contribution in [0, 0.1) is 0 Å². The molecule has 1 unspecified atom stereocenters. The molecule has 0 bridgehead atoms. The first-order valence-corrected chi connectivity index (χ1v) is 8.12. The molecule has 5 heteroatoms. The van der Waals surface area contributed by atoms with Crippen molar-refractivity contribution < 1.29 is 19.1 Å². The van der Waals surface area contributed by atoms with E-state index in [2.05, 4.69) is 5.32 Å². The van der Waals surface area contributed by atoms with E-state index in [0.717, 1.165) is 0 Å². The minimum atomic E-state index is -0.708. The van der Waals surface area contributed by atoms with Crippen molar-refractivity contribution in [2.45, 2.75) is 33.3 Å². The van der Waals surface area contributed by atoms with Gasteiger partial charge in [0.05, 0.1) is 0 Å². The van der Waals surface area contributed by atoms with Crippen molar-refractivity contribution in [2.24, 2.45) is 0 Å². The van der Waals surface area contributed by atoms with E-state index in [1.807, 2.05) is 6.92 Å². The van der Waals surface area contributed by atoms with Gasteiger partial charge in [-0.3, -0.25) is 14.4 Å². The Hall–Kier alpha value is -2.95. The molecule has 0 aromatic heterocycles. The summed E-state index contributed by atoms with van der Waals surface area (Å²) in [6.07, 6.45) is -0.262. The summed E-state index contributed by atoms with van der Waals surface area (Å²) in [5, 5.41) is 2.74. The maximum Gasteiger partial charge on any atom is 0.265 e. The van der Waals surface area contributed by atoms with Crippen molar-refractivity contribution in [1.29, 1.82) is 0 Å². The molecule has 130 valence electrons. The Morgan fingerprint density at radius 2 is 1.52 bits per heavy atom. The van der Waals surface area contributed by atoms with Gasteiger partial charge in [-0.15, -0.1) is 0 Å². The second-order valence-corrected chi connectivity index (χ2v) is 5.68. The second-order valence-electron chi connectivity index (χ2n) is 5.68. The van der Waals surface area contributed by atoms with Crippen LogP contribution in [0.4, 0.5) is 5.69 Å². The Morgan fingerprint density at radius 3 is 2.04 bits per heavy atom. The van der Waals surface area contributed by atoms with Gasteiger partial charge in [0, 0.05) is 23.2 Å². The number of benzene rings is 2. The molecule has 2 aromatic rings. The molecule has 2 aromatic carbocycles. The largest absolute Gasteiger partial charge is 0.481 e. The predicted molar refractivity (Wildman–Crippen MR) is 96.2 cm³/mol. The summed E-state index contributed by atoms with van der Waals surface area (Å²) in [5.41, 5.74) is 1.80. The minimum absolute atomic E-state index is 0.0282. The third kappa shape index (κ3) is 5.01. The van der Waals surface area contributed by atoms with Crippen molar-refractivity contribution >= 4 is 23.2 Å². The number of carbonyl (C=O) groups is 3. The van der Waals surface area contributed by atoms with E-state index in [-0.39, 0.29) is 17.5 Å². The van der Waals surface area contributed by atoms with Crippen LogP contribution in [0.1, 0.15) is 47.9 Å². The van der Waals surface area contributed by atoms with E-state index in [9.17, 15) is 14.4 Å². The van der Waals surface area contributed by atoms with E-state index in [0.29, 0.717) is 29.0 Å². The molecular formula is C20H21NO4. The van der Waals surface area contributed by atoms with Gasteiger partial charge in [0.25, 0.3) is 5.91 Å². The van der Waals surface area contributed by atoms with Crippen LogP contribution in [-0.2, 0) is 4.79 Å². The van der Waals surface area contributed by atoms with Gasteiger partial charge in [-0.1, -0.05) is 6.92 Å². The molecular weight excluding hydrogens is 318 g/mol. The number of rotatable bonds is 7. The highest BCUT2D eigenvalue weighted by atomic mass is 16.5. The maximum atomic E-state index is 12.2. The Bertz CT molecular complexity index is 763. The highest BCUT2D eigenvalue weighted by Crippen LogP contribution is 2.16. The summed E-state index contributed by atoms with van der Waals surface area (Å²) in [6.45, 7) is 4.94. The predicted octanol–water partition coefficient (Wildman–Crippen LogP) is 3.89. The molecule has 5 nitrogen and oxygen atoms in total. The van der Waals surface area contributed by atoms with Crippen LogP contribution >= 0.6 is 0 Å². The number of carbonyl (C=O) groups excluding carboxylic acids is 3. The zero-order valence-corrected chi connectivity index (χ0v) is 14.5. The lowest BCUT2D eigenvalue weighted by atomic mass is 10.1. The number of nitrogens with one attached hydrogen (secondary N) is 1. The zero-order valence-electron chi connectivity index (χ0n) is 14.5. The van der Waals surface area contributed by atoms with Gasteiger partial charge in [-0.2, -0.15) is 0 Å². The molecule has 1 atom stereocenters. The van der Waals surface area contributed by atoms with Crippen molar-refractivity contribution in [1.82, 2.24) is 0 Å². The topological polar surface area (TPSA) is 72.5 Å². The quantitative estimate of drug-likeness (QED) is 0.777. The molecule has 1 amide bonds. The highest BCUT2D eigenvalue weighted by molar-refractivity contribution is 5.97. The van der Waals surface area contributed by atoms with Crippen LogP contribution in [0.25, 0.3) is 0 Å². The van der Waals surface area contributed by atoms with Gasteiger partial charge in [-0.25, -0.2) is 0 Å². The zero-order chi connectivity index (χ0) is 18.4. The lowest BCUT2D eigenvalue weighted by Crippen LogP contribution is -2.30. The molecule has 0 aliphatic carbocycles. The first-order chi connectivity index (χ1) is 11.9. The van der Waals surface area contributed by atoms with Crippen molar-refractivity contribution in [3.8, 4) is 5.75 Å². The SMILES string of the molecule is CCC(=O)c1ccc(OC(C)C(=O)Nc2ccc(C(C)=O)cc2)cc1. The Morgan fingerprint density at radius 1 is 0.960 bits per heavy atom. The van der Waals surface area contributed by atoms with Gasteiger partial charge in [0.2, 0.25) is 0 Å². The fourth-order valence-electron chi connectivity index (χ4n) is 2.21. The summed E-state index contributed by atoms with van der Waals surface area (Å²) in [4.78, 5) is 35.0. The van der Waals surface area contributed by atoms with Gasteiger partial charge in [0.15, 0.2) is 17.7 Å². The number of Topliss-reactive ketones (excluding diaryl/α,β-unsaturated/α-hetero) is 2. The van der Waals surface area contributed by atoms with Gasteiger partial charge < -0.3 is 10.1 Å². The molecule has 0 heterocycles. The fourth-order valence-corrected chi connectivity index (χ4v) is 2.21. The first kappa shape index (κ1) is 18.4. The average Bonchev–Trinajstić information content (AvgIpc) is 2.62. The van der Waals surface area contributed by atoms with Gasteiger partial charge in [0.1, 0.15) is 5.75 Å². The Balaban J connectivity index is 1.95. The van der Waals surface area contributed by atoms with Crippen LogP contribution < -0.4 is 10.1 Å². The smallest absolute Gasteiger partial charge is 0.265 e. The summed E-state index contributed by atoms with van der Waals surface area (Å²) in [5.74, 6) is 0.248. The van der Waals surface area contributed by atoms with Crippen LogP contribution in [0.5, 0.6) is 5.75 Å². The third-order valence-electron chi connectivity index (χ3n) is 3.74. The van der Waals surface area contributed by atoms with Crippen LogP contribution in [-0.4, -0.2) is 23.6 Å². The normalized spacial score (nSPS) is 11.5. The van der Waals surface area contributed by atoms with E-state index < -0.39 is 6.10 Å². The number of ketones is 2.